The second-order valence-electron chi connectivity index (χ2n) is 4.41. The summed E-state index contributed by atoms with van der Waals surface area (Å²) >= 11 is 0. The summed E-state index contributed by atoms with van der Waals surface area (Å²) in [7, 11) is 1.58. The third-order valence-electron chi connectivity index (χ3n) is 2.96. The third-order valence-corrected chi connectivity index (χ3v) is 4.20. The zero-order valence-electron chi connectivity index (χ0n) is 9.91. The summed E-state index contributed by atoms with van der Waals surface area (Å²) in [6.45, 7) is 0.267. The SMILES string of the molecule is N#Cc1ccccc1N1CC(CS(=O)(=O)Cl)CC1=O. The second-order valence-corrected chi connectivity index (χ2v) is 7.23. The molecule has 100 valence electrons. The van der Waals surface area contributed by atoms with Crippen LogP contribution in [0.25, 0.3) is 0 Å². The number of benzene rings is 1. The first kappa shape index (κ1) is 13.8. The number of anilines is 1. The van der Waals surface area contributed by atoms with Gasteiger partial charge in [-0.2, -0.15) is 5.26 Å². The average Bonchev–Trinajstić information content (AvgIpc) is 2.67. The third kappa shape index (κ3) is 3.25. The van der Waals surface area contributed by atoms with Crippen LogP contribution in [0.2, 0.25) is 0 Å². The molecule has 0 radical (unpaired) electrons. The number of para-hydroxylation sites is 1. The Hall–Kier alpha value is -1.58. The summed E-state index contributed by atoms with van der Waals surface area (Å²) in [6, 6.07) is 8.75. The number of carbonyl (C=O) groups is 1. The van der Waals surface area contributed by atoms with E-state index in [-0.39, 0.29) is 30.5 Å². The number of hydrogen-bond donors (Lipinski definition) is 0. The maximum atomic E-state index is 11.9. The number of amides is 1. The van der Waals surface area contributed by atoms with E-state index >= 15 is 0 Å². The molecule has 7 heteroatoms. The van der Waals surface area contributed by atoms with Crippen LogP contribution in [0.15, 0.2) is 24.3 Å². The van der Waals surface area contributed by atoms with E-state index in [1.807, 2.05) is 6.07 Å². The Labute approximate surface area is 115 Å². The molecule has 1 amide bonds. The molecule has 1 saturated heterocycles. The van der Waals surface area contributed by atoms with Crippen LogP contribution in [0.3, 0.4) is 0 Å². The molecule has 1 unspecified atom stereocenters. The molecule has 0 aromatic heterocycles. The summed E-state index contributed by atoms with van der Waals surface area (Å²) in [4.78, 5) is 13.4. The van der Waals surface area contributed by atoms with Crippen molar-refractivity contribution < 1.29 is 13.2 Å². The number of hydrogen-bond acceptors (Lipinski definition) is 4. The van der Waals surface area contributed by atoms with Crippen molar-refractivity contribution in [3.8, 4) is 6.07 Å². The highest BCUT2D eigenvalue weighted by Crippen LogP contribution is 2.28. The molecule has 19 heavy (non-hydrogen) atoms. The van der Waals surface area contributed by atoms with Crippen molar-refractivity contribution in [3.63, 3.8) is 0 Å². The van der Waals surface area contributed by atoms with Crippen molar-refractivity contribution in [2.45, 2.75) is 6.42 Å². The number of nitriles is 1. The molecule has 1 heterocycles. The molecule has 1 atom stereocenters. The van der Waals surface area contributed by atoms with Crippen LogP contribution >= 0.6 is 10.7 Å². The van der Waals surface area contributed by atoms with Crippen molar-refractivity contribution >= 4 is 31.3 Å². The van der Waals surface area contributed by atoms with Gasteiger partial charge in [0.1, 0.15) is 6.07 Å². The minimum atomic E-state index is -3.62. The number of halogens is 1. The molecule has 1 aromatic rings. The van der Waals surface area contributed by atoms with E-state index in [4.69, 9.17) is 15.9 Å². The lowest BCUT2D eigenvalue weighted by Gasteiger charge is -2.17. The Balaban J connectivity index is 2.24. The van der Waals surface area contributed by atoms with Gasteiger partial charge in [0.05, 0.1) is 17.0 Å². The molecule has 2 rings (SSSR count). The van der Waals surface area contributed by atoms with Crippen LogP contribution in [0.1, 0.15) is 12.0 Å². The van der Waals surface area contributed by atoms with Gasteiger partial charge >= 0.3 is 0 Å². The average molecular weight is 299 g/mol. The predicted octanol–water partition coefficient (Wildman–Crippen LogP) is 1.48. The van der Waals surface area contributed by atoms with Crippen LogP contribution in [0.5, 0.6) is 0 Å². The lowest BCUT2D eigenvalue weighted by Crippen LogP contribution is -2.26. The fraction of sp³-hybridized carbons (Fsp3) is 0.333. The second kappa shape index (κ2) is 5.19. The van der Waals surface area contributed by atoms with Crippen LogP contribution in [-0.4, -0.2) is 26.6 Å². The summed E-state index contributed by atoms with van der Waals surface area (Å²) in [5, 5.41) is 9.01. The van der Waals surface area contributed by atoms with Gasteiger partial charge in [-0.25, -0.2) is 8.42 Å². The van der Waals surface area contributed by atoms with Gasteiger partial charge in [-0.3, -0.25) is 4.79 Å². The van der Waals surface area contributed by atoms with Gasteiger partial charge in [0.15, 0.2) is 0 Å². The molecule has 1 aliphatic rings. The molecule has 0 bridgehead atoms. The predicted molar refractivity (Wildman–Crippen MR) is 71.3 cm³/mol. The van der Waals surface area contributed by atoms with E-state index < -0.39 is 9.05 Å². The lowest BCUT2D eigenvalue weighted by atomic mass is 10.1. The maximum absolute atomic E-state index is 11.9. The highest BCUT2D eigenvalue weighted by atomic mass is 35.7. The Bertz CT molecular complexity index is 651. The van der Waals surface area contributed by atoms with Gasteiger partial charge in [0, 0.05) is 29.6 Å². The van der Waals surface area contributed by atoms with Crippen LogP contribution in [0, 0.1) is 17.2 Å². The molecule has 1 aromatic carbocycles. The van der Waals surface area contributed by atoms with Crippen LogP contribution in [0.4, 0.5) is 5.69 Å². The summed E-state index contributed by atoms with van der Waals surface area (Å²) in [5.41, 5.74) is 0.912. The number of nitrogens with zero attached hydrogens (tertiary/aromatic N) is 2. The Morgan fingerprint density at radius 1 is 1.42 bits per heavy atom. The minimum Gasteiger partial charge on any atom is -0.311 e. The van der Waals surface area contributed by atoms with Crippen molar-refractivity contribution in [3.05, 3.63) is 29.8 Å². The zero-order chi connectivity index (χ0) is 14.0. The Morgan fingerprint density at radius 3 is 2.74 bits per heavy atom. The van der Waals surface area contributed by atoms with E-state index in [1.54, 1.807) is 24.3 Å². The fourth-order valence-corrected chi connectivity index (χ4v) is 3.53. The molecule has 0 saturated carbocycles. The van der Waals surface area contributed by atoms with Crippen molar-refractivity contribution in [1.82, 2.24) is 0 Å². The van der Waals surface area contributed by atoms with Gasteiger partial charge < -0.3 is 4.90 Å². The maximum Gasteiger partial charge on any atom is 0.232 e. The first-order valence-electron chi connectivity index (χ1n) is 5.62. The van der Waals surface area contributed by atoms with Gasteiger partial charge in [0.2, 0.25) is 15.0 Å². The van der Waals surface area contributed by atoms with E-state index in [2.05, 4.69) is 0 Å². The first-order chi connectivity index (χ1) is 8.90. The summed E-state index contributed by atoms with van der Waals surface area (Å²) < 4.78 is 22.1. The van der Waals surface area contributed by atoms with E-state index in [0.717, 1.165) is 0 Å². The highest BCUT2D eigenvalue weighted by molar-refractivity contribution is 8.13. The van der Waals surface area contributed by atoms with Gasteiger partial charge in [-0.1, -0.05) is 12.1 Å². The number of carbonyl (C=O) groups excluding carboxylic acids is 1. The number of rotatable bonds is 3. The molecule has 0 N–H and O–H groups in total. The normalized spacial score (nSPS) is 19.5. The van der Waals surface area contributed by atoms with Crippen molar-refractivity contribution in [1.29, 1.82) is 5.26 Å². The molecule has 1 aliphatic heterocycles. The molecule has 0 spiro atoms. The zero-order valence-corrected chi connectivity index (χ0v) is 11.5. The van der Waals surface area contributed by atoms with Crippen molar-refractivity contribution in [2.24, 2.45) is 5.92 Å². The van der Waals surface area contributed by atoms with Gasteiger partial charge in [-0.05, 0) is 12.1 Å². The standard InChI is InChI=1S/C12H11ClN2O3S/c13-19(17,18)8-9-5-12(16)15(7-9)11-4-2-1-3-10(11)6-14/h1-4,9H,5,7-8H2. The smallest absolute Gasteiger partial charge is 0.232 e. The van der Waals surface area contributed by atoms with Crippen molar-refractivity contribution in [2.75, 3.05) is 17.2 Å². The van der Waals surface area contributed by atoms with E-state index in [1.165, 1.54) is 4.90 Å². The minimum absolute atomic E-state index is 0.131. The Morgan fingerprint density at radius 2 is 2.11 bits per heavy atom. The monoisotopic (exact) mass is 298 g/mol. The molecule has 0 aliphatic carbocycles. The molecular weight excluding hydrogens is 288 g/mol. The van der Waals surface area contributed by atoms with Gasteiger partial charge in [0.25, 0.3) is 0 Å². The Kier molecular flexibility index (Phi) is 3.78. The van der Waals surface area contributed by atoms with Crippen LogP contribution in [-0.2, 0) is 13.8 Å². The topological polar surface area (TPSA) is 78.2 Å². The molecular formula is C12H11ClN2O3S. The molecule has 1 fully saturated rings. The van der Waals surface area contributed by atoms with Crippen LogP contribution < -0.4 is 4.90 Å². The lowest BCUT2D eigenvalue weighted by molar-refractivity contribution is -0.117. The summed E-state index contributed by atoms with van der Waals surface area (Å²) in [6.07, 6.45) is 0.131. The molecule has 5 nitrogen and oxygen atoms in total. The summed E-state index contributed by atoms with van der Waals surface area (Å²) in [5.74, 6) is -0.749. The quantitative estimate of drug-likeness (QED) is 0.792. The highest BCUT2D eigenvalue weighted by Gasteiger charge is 2.33. The van der Waals surface area contributed by atoms with E-state index in [0.29, 0.717) is 11.3 Å². The first-order valence-corrected chi connectivity index (χ1v) is 8.10. The van der Waals surface area contributed by atoms with E-state index in [9.17, 15) is 13.2 Å². The van der Waals surface area contributed by atoms with Gasteiger partial charge in [-0.15, -0.1) is 0 Å². The fourth-order valence-electron chi connectivity index (χ4n) is 2.21. The largest absolute Gasteiger partial charge is 0.311 e.